The molecule has 0 bridgehead atoms. The van der Waals surface area contributed by atoms with Gasteiger partial charge in [-0.2, -0.15) is 12.6 Å². The number of hydrogen-bond acceptors (Lipinski definition) is 2. The highest BCUT2D eigenvalue weighted by molar-refractivity contribution is 7.81. The lowest BCUT2D eigenvalue weighted by atomic mass is 10.2. The van der Waals surface area contributed by atoms with Crippen molar-refractivity contribution < 1.29 is 0 Å². The van der Waals surface area contributed by atoms with Crippen molar-refractivity contribution >= 4 is 18.8 Å². The third kappa shape index (κ3) is 11.2. The van der Waals surface area contributed by atoms with E-state index in [1.165, 1.54) is 6.21 Å². The molecular formula is C11H17NS. The standard InChI is InChI=1S/C7H7N.C4H10S/c8-6-7-4-2-1-3-5-7;1-4(2,3)5/h1-6,8H;5H,1-3H3. The van der Waals surface area contributed by atoms with Crippen LogP contribution >= 0.6 is 12.6 Å². The first-order valence-electron chi connectivity index (χ1n) is 4.21. The van der Waals surface area contributed by atoms with Crippen LogP contribution in [0.3, 0.4) is 0 Å². The number of hydrogen-bond donors (Lipinski definition) is 2. The second-order valence-electron chi connectivity index (χ2n) is 3.73. The first-order chi connectivity index (χ1) is 5.93. The molecule has 0 saturated heterocycles. The summed E-state index contributed by atoms with van der Waals surface area (Å²) in [6.07, 6.45) is 1.33. The minimum atomic E-state index is 0.194. The molecule has 0 unspecified atom stereocenters. The van der Waals surface area contributed by atoms with Crippen LogP contribution in [-0.4, -0.2) is 11.0 Å². The van der Waals surface area contributed by atoms with Crippen molar-refractivity contribution in [3.63, 3.8) is 0 Å². The number of thiol groups is 1. The Hall–Kier alpha value is -0.760. The van der Waals surface area contributed by atoms with E-state index in [1.54, 1.807) is 0 Å². The predicted octanol–water partition coefficient (Wildman–Crippen LogP) is 3.40. The average molecular weight is 195 g/mol. The van der Waals surface area contributed by atoms with Crippen LogP contribution in [0, 0.1) is 5.41 Å². The fourth-order valence-electron chi connectivity index (χ4n) is 0.549. The summed E-state index contributed by atoms with van der Waals surface area (Å²) in [5.41, 5.74) is 0.951. The topological polar surface area (TPSA) is 23.9 Å². The number of benzene rings is 1. The zero-order chi connectivity index (χ0) is 10.3. The molecule has 2 heteroatoms. The fourth-order valence-corrected chi connectivity index (χ4v) is 0.549. The first kappa shape index (κ1) is 12.2. The molecule has 0 heterocycles. The van der Waals surface area contributed by atoms with E-state index in [0.29, 0.717) is 0 Å². The molecule has 1 nitrogen and oxygen atoms in total. The Bertz CT molecular complexity index is 230. The first-order valence-corrected chi connectivity index (χ1v) is 4.66. The van der Waals surface area contributed by atoms with Gasteiger partial charge in [0.1, 0.15) is 0 Å². The van der Waals surface area contributed by atoms with Crippen LogP contribution in [0.25, 0.3) is 0 Å². The molecular weight excluding hydrogens is 178 g/mol. The molecule has 1 N–H and O–H groups in total. The van der Waals surface area contributed by atoms with Crippen molar-refractivity contribution in [3.05, 3.63) is 35.9 Å². The minimum absolute atomic E-state index is 0.194. The highest BCUT2D eigenvalue weighted by atomic mass is 32.1. The van der Waals surface area contributed by atoms with Crippen LogP contribution in [0.2, 0.25) is 0 Å². The van der Waals surface area contributed by atoms with Gasteiger partial charge in [-0.15, -0.1) is 0 Å². The second kappa shape index (κ2) is 5.81. The van der Waals surface area contributed by atoms with Gasteiger partial charge in [-0.1, -0.05) is 51.1 Å². The van der Waals surface area contributed by atoms with E-state index in [0.717, 1.165) is 5.56 Å². The van der Waals surface area contributed by atoms with Crippen LogP contribution in [0.15, 0.2) is 30.3 Å². The predicted molar refractivity (Wildman–Crippen MR) is 63.1 cm³/mol. The molecule has 0 spiro atoms. The van der Waals surface area contributed by atoms with Gasteiger partial charge in [0.25, 0.3) is 0 Å². The van der Waals surface area contributed by atoms with Gasteiger partial charge >= 0.3 is 0 Å². The van der Waals surface area contributed by atoms with E-state index in [-0.39, 0.29) is 4.75 Å². The van der Waals surface area contributed by atoms with Crippen LogP contribution in [0.1, 0.15) is 26.3 Å². The molecule has 0 fully saturated rings. The summed E-state index contributed by atoms with van der Waals surface area (Å²) in [5, 5.41) is 6.82. The van der Waals surface area contributed by atoms with Gasteiger partial charge in [0.15, 0.2) is 0 Å². The van der Waals surface area contributed by atoms with Crippen LogP contribution < -0.4 is 0 Å². The highest BCUT2D eigenvalue weighted by Crippen LogP contribution is 2.07. The number of rotatable bonds is 1. The molecule has 13 heavy (non-hydrogen) atoms. The number of nitrogens with one attached hydrogen (secondary N) is 1. The SMILES string of the molecule is CC(C)(C)S.N=Cc1ccccc1. The smallest absolute Gasteiger partial charge is 0.0250 e. The lowest BCUT2D eigenvalue weighted by Gasteiger charge is -2.04. The maximum Gasteiger partial charge on any atom is 0.0250 e. The monoisotopic (exact) mass is 195 g/mol. The Morgan fingerprint density at radius 1 is 1.15 bits per heavy atom. The van der Waals surface area contributed by atoms with Crippen molar-refractivity contribution in [1.29, 1.82) is 5.41 Å². The zero-order valence-corrected chi connectivity index (χ0v) is 9.31. The summed E-state index contributed by atoms with van der Waals surface area (Å²) in [7, 11) is 0. The summed E-state index contributed by atoms with van der Waals surface area (Å²) < 4.78 is 0.194. The van der Waals surface area contributed by atoms with Gasteiger partial charge in [-0.25, -0.2) is 0 Å². The summed E-state index contributed by atoms with van der Waals surface area (Å²) in [6, 6.07) is 9.56. The molecule has 72 valence electrons. The van der Waals surface area contributed by atoms with E-state index >= 15 is 0 Å². The maximum absolute atomic E-state index is 6.82. The summed E-state index contributed by atoms with van der Waals surface area (Å²) in [4.78, 5) is 0. The zero-order valence-electron chi connectivity index (χ0n) is 8.41. The maximum atomic E-state index is 6.82. The van der Waals surface area contributed by atoms with Gasteiger partial charge in [-0.3, -0.25) is 0 Å². The van der Waals surface area contributed by atoms with Gasteiger partial charge in [-0.05, 0) is 5.56 Å². The molecule has 0 atom stereocenters. The lowest BCUT2D eigenvalue weighted by Crippen LogP contribution is -1.99. The van der Waals surface area contributed by atoms with Gasteiger partial charge in [0.2, 0.25) is 0 Å². The molecule has 0 aliphatic carbocycles. The largest absolute Gasteiger partial charge is 0.308 e. The van der Waals surface area contributed by atoms with Gasteiger partial charge in [0, 0.05) is 11.0 Å². The molecule has 0 aromatic heterocycles. The van der Waals surface area contributed by atoms with Crippen LogP contribution in [-0.2, 0) is 0 Å². The molecule has 0 saturated carbocycles. The molecule has 0 aliphatic rings. The van der Waals surface area contributed by atoms with Crippen molar-refractivity contribution in [2.75, 3.05) is 0 Å². The van der Waals surface area contributed by atoms with Crippen molar-refractivity contribution in [1.82, 2.24) is 0 Å². The molecule has 1 aromatic carbocycles. The Morgan fingerprint density at radius 3 is 1.77 bits per heavy atom. The third-order valence-corrected chi connectivity index (χ3v) is 0.966. The Kier molecular flexibility index (Phi) is 5.47. The molecule has 0 radical (unpaired) electrons. The molecule has 1 aromatic rings. The Labute approximate surface area is 86.1 Å². The molecule has 1 rings (SSSR count). The summed E-state index contributed by atoms with van der Waals surface area (Å²) in [5.74, 6) is 0. The van der Waals surface area contributed by atoms with Crippen LogP contribution in [0.4, 0.5) is 0 Å². The van der Waals surface area contributed by atoms with E-state index in [9.17, 15) is 0 Å². The summed E-state index contributed by atoms with van der Waals surface area (Å²) in [6.45, 7) is 6.16. The minimum Gasteiger partial charge on any atom is -0.308 e. The van der Waals surface area contributed by atoms with Crippen molar-refractivity contribution in [2.24, 2.45) is 0 Å². The Balaban J connectivity index is 0.000000252. The molecule has 0 aliphatic heterocycles. The Morgan fingerprint density at radius 2 is 1.54 bits per heavy atom. The average Bonchev–Trinajstić information content (AvgIpc) is 2.03. The van der Waals surface area contributed by atoms with E-state index in [1.807, 2.05) is 30.3 Å². The van der Waals surface area contributed by atoms with Crippen LogP contribution in [0.5, 0.6) is 0 Å². The summed E-state index contributed by atoms with van der Waals surface area (Å²) >= 11 is 4.12. The molecule has 0 amide bonds. The third-order valence-electron chi connectivity index (χ3n) is 0.966. The van der Waals surface area contributed by atoms with Gasteiger partial charge in [0.05, 0.1) is 0 Å². The van der Waals surface area contributed by atoms with E-state index in [4.69, 9.17) is 5.41 Å². The lowest BCUT2D eigenvalue weighted by molar-refractivity contribution is 0.812. The van der Waals surface area contributed by atoms with Crippen molar-refractivity contribution in [2.45, 2.75) is 25.5 Å². The normalized spacial score (nSPS) is 9.85. The van der Waals surface area contributed by atoms with E-state index < -0.39 is 0 Å². The van der Waals surface area contributed by atoms with Gasteiger partial charge < -0.3 is 5.41 Å². The van der Waals surface area contributed by atoms with E-state index in [2.05, 4.69) is 33.4 Å². The highest BCUT2D eigenvalue weighted by Gasteiger charge is 1.96. The van der Waals surface area contributed by atoms with Crippen molar-refractivity contribution in [3.8, 4) is 0 Å². The quantitative estimate of drug-likeness (QED) is 0.507. The second-order valence-corrected chi connectivity index (χ2v) is 5.07. The fraction of sp³-hybridized carbons (Fsp3) is 0.364.